The number of aryl methyl sites for hydroxylation is 8. The molecule has 0 saturated carbocycles. The van der Waals surface area contributed by atoms with Gasteiger partial charge in [-0.05, 0) is 79.7 Å². The molecule has 6 aromatic heterocycles. The normalized spacial score (nSPS) is 11.6. The Kier molecular flexibility index (Phi) is 7.36. The van der Waals surface area contributed by atoms with Crippen molar-refractivity contribution in [1.82, 2.24) is 19.9 Å². The number of aromatic amines is 2. The lowest BCUT2D eigenvalue weighted by Gasteiger charge is -2.02. The van der Waals surface area contributed by atoms with Crippen LogP contribution in [0.5, 0.6) is 0 Å². The number of rotatable bonds is 6. The Labute approximate surface area is 274 Å². The van der Waals surface area contributed by atoms with E-state index in [0.717, 1.165) is 45.6 Å². The van der Waals surface area contributed by atoms with Crippen LogP contribution in [0.25, 0.3) is 67.8 Å². The maximum absolute atomic E-state index is 5.21. The van der Waals surface area contributed by atoms with Crippen molar-refractivity contribution < 1.29 is 0 Å². The summed E-state index contributed by atoms with van der Waals surface area (Å²) in [5.41, 5.74) is 11.2. The van der Waals surface area contributed by atoms with Crippen molar-refractivity contribution in [2.75, 3.05) is 0 Å². The summed E-state index contributed by atoms with van der Waals surface area (Å²) < 4.78 is 0. The number of nitrogens with zero attached hydrogens (tertiary/aromatic N) is 2. The molecule has 2 N–H and O–H groups in total. The van der Waals surface area contributed by atoms with E-state index in [1.807, 2.05) is 45.3 Å². The fourth-order valence-corrected chi connectivity index (χ4v) is 9.79. The van der Waals surface area contributed by atoms with Gasteiger partial charge in [-0.25, -0.2) is 9.97 Å². The molecule has 0 spiro atoms. The average Bonchev–Trinajstić information content (AvgIpc) is 3.81. The fraction of sp³-hybridized carbons (Fsp3) is 0.222. The van der Waals surface area contributed by atoms with Gasteiger partial charge in [0.05, 0.1) is 22.8 Å². The highest BCUT2D eigenvalue weighted by molar-refractivity contribution is 7.13. The Hall–Kier alpha value is -3.56. The molecule has 1 aromatic carbocycles. The molecule has 222 valence electrons. The second-order valence-corrected chi connectivity index (χ2v) is 17.3. The lowest BCUT2D eigenvalue weighted by Crippen LogP contribution is -1.84. The fourth-order valence-electron chi connectivity index (χ4n) is 6.08. The van der Waals surface area contributed by atoms with Crippen LogP contribution in [-0.2, 0) is 0 Å². The number of nitrogens with one attached hydrogen (secondary N) is 2. The van der Waals surface area contributed by atoms with Gasteiger partial charge in [0.1, 0.15) is 11.6 Å². The first-order valence-electron chi connectivity index (χ1n) is 14.7. The van der Waals surface area contributed by atoms with Crippen LogP contribution < -0.4 is 0 Å². The van der Waals surface area contributed by atoms with E-state index in [2.05, 4.69) is 114 Å². The first-order chi connectivity index (χ1) is 21.0. The van der Waals surface area contributed by atoms with Gasteiger partial charge >= 0.3 is 0 Å². The molecule has 6 heterocycles. The summed E-state index contributed by atoms with van der Waals surface area (Å²) in [6.45, 7) is 17.4. The Morgan fingerprint density at radius 2 is 0.727 bits per heavy atom. The summed E-state index contributed by atoms with van der Waals surface area (Å²) in [6, 6.07) is 17.7. The number of benzene rings is 1. The molecule has 0 unspecified atom stereocenters. The summed E-state index contributed by atoms with van der Waals surface area (Å²) in [5, 5.41) is 0. The molecule has 44 heavy (non-hydrogen) atoms. The van der Waals surface area contributed by atoms with Gasteiger partial charge in [-0.3, -0.25) is 0 Å². The van der Waals surface area contributed by atoms with Crippen molar-refractivity contribution >= 4 is 45.3 Å². The third kappa shape index (κ3) is 5.13. The smallest absolute Gasteiger partial charge is 0.138 e. The molecular weight excluding hydrogens is 617 g/mol. The van der Waals surface area contributed by atoms with Crippen LogP contribution in [0.15, 0.2) is 48.5 Å². The largest absolute Gasteiger partial charge is 0.337 e. The number of H-pyrrole nitrogens is 2. The molecule has 0 aliphatic rings. The van der Waals surface area contributed by atoms with Crippen LogP contribution in [0.3, 0.4) is 0 Å². The van der Waals surface area contributed by atoms with Crippen LogP contribution in [0.2, 0.25) is 0 Å². The van der Waals surface area contributed by atoms with Crippen molar-refractivity contribution in [2.45, 2.75) is 55.4 Å². The van der Waals surface area contributed by atoms with E-state index in [0.29, 0.717) is 0 Å². The van der Waals surface area contributed by atoms with E-state index in [-0.39, 0.29) is 0 Å². The highest BCUT2D eigenvalue weighted by Gasteiger charge is 2.22. The lowest BCUT2D eigenvalue weighted by molar-refractivity contribution is 1.29. The lowest BCUT2D eigenvalue weighted by atomic mass is 10.1. The molecule has 0 aliphatic carbocycles. The Balaban J connectivity index is 1.31. The van der Waals surface area contributed by atoms with E-state index in [4.69, 9.17) is 9.97 Å². The first kappa shape index (κ1) is 29.2. The average molecular weight is 651 g/mol. The predicted octanol–water partition coefficient (Wildman–Crippen LogP) is 11.8. The summed E-state index contributed by atoms with van der Waals surface area (Å²) in [4.78, 5) is 28.2. The summed E-state index contributed by atoms with van der Waals surface area (Å²) in [6.07, 6.45) is 0. The Morgan fingerprint density at radius 1 is 0.432 bits per heavy atom. The molecule has 0 bridgehead atoms. The van der Waals surface area contributed by atoms with Gasteiger partial charge in [0.2, 0.25) is 0 Å². The highest BCUT2D eigenvalue weighted by atomic mass is 32.1. The van der Waals surface area contributed by atoms with E-state index >= 15 is 0 Å². The molecule has 7 rings (SSSR count). The molecule has 0 amide bonds. The van der Waals surface area contributed by atoms with Gasteiger partial charge in [-0.2, -0.15) is 0 Å². The highest BCUT2D eigenvalue weighted by Crippen LogP contribution is 2.42. The van der Waals surface area contributed by atoms with E-state index in [1.165, 1.54) is 61.3 Å². The zero-order valence-corrected chi connectivity index (χ0v) is 29.4. The summed E-state index contributed by atoms with van der Waals surface area (Å²) in [5.74, 6) is 1.75. The van der Waals surface area contributed by atoms with E-state index < -0.39 is 0 Å². The topological polar surface area (TPSA) is 57.4 Å². The van der Waals surface area contributed by atoms with Crippen LogP contribution in [0.4, 0.5) is 0 Å². The summed E-state index contributed by atoms with van der Waals surface area (Å²) >= 11 is 7.31. The molecule has 7 aromatic rings. The van der Waals surface area contributed by atoms with Crippen molar-refractivity contribution in [2.24, 2.45) is 0 Å². The molecule has 0 fully saturated rings. The molecule has 0 atom stereocenters. The van der Waals surface area contributed by atoms with E-state index in [9.17, 15) is 0 Å². The zero-order valence-electron chi connectivity index (χ0n) is 26.1. The standard InChI is InChI=1S/C36H34N4S4/c1-17-13-27(21(5)41-17)31-32(28-14-18(2)42-22(28)6)38-35(37-31)25-9-11-26(12-10-25)36-39-33(29-15-19(3)43-23(29)7)34(40-36)30-16-20(4)44-24(30)8/h9-16H,1-8H3,(H,37,38)(H,39,40). The van der Waals surface area contributed by atoms with Crippen LogP contribution in [-0.4, -0.2) is 19.9 Å². The number of hydrogen-bond acceptors (Lipinski definition) is 6. The van der Waals surface area contributed by atoms with Gasteiger partial charge in [-0.15, -0.1) is 45.3 Å². The van der Waals surface area contributed by atoms with Gasteiger partial charge < -0.3 is 9.97 Å². The molecule has 0 aliphatic heterocycles. The van der Waals surface area contributed by atoms with Crippen LogP contribution >= 0.6 is 45.3 Å². The van der Waals surface area contributed by atoms with E-state index in [1.54, 1.807) is 0 Å². The third-order valence-electron chi connectivity index (χ3n) is 8.05. The van der Waals surface area contributed by atoms with Crippen LogP contribution in [0.1, 0.15) is 39.0 Å². The van der Waals surface area contributed by atoms with Gasteiger partial charge in [0.15, 0.2) is 0 Å². The molecule has 8 heteroatoms. The summed E-state index contributed by atoms with van der Waals surface area (Å²) in [7, 11) is 0. The Bertz CT molecular complexity index is 1880. The maximum Gasteiger partial charge on any atom is 0.138 e. The predicted molar refractivity (Wildman–Crippen MR) is 193 cm³/mol. The first-order valence-corrected chi connectivity index (χ1v) is 17.9. The van der Waals surface area contributed by atoms with Crippen molar-refractivity contribution in [3.63, 3.8) is 0 Å². The van der Waals surface area contributed by atoms with Gasteiger partial charge in [0.25, 0.3) is 0 Å². The minimum Gasteiger partial charge on any atom is -0.337 e. The van der Waals surface area contributed by atoms with Gasteiger partial charge in [0, 0.05) is 72.4 Å². The molecule has 0 radical (unpaired) electrons. The molecular formula is C36H34N4S4. The van der Waals surface area contributed by atoms with Crippen molar-refractivity contribution in [3.8, 4) is 67.8 Å². The number of imidazole rings is 2. The van der Waals surface area contributed by atoms with Crippen molar-refractivity contribution in [1.29, 1.82) is 0 Å². The van der Waals surface area contributed by atoms with Gasteiger partial charge in [-0.1, -0.05) is 24.3 Å². The zero-order chi connectivity index (χ0) is 30.9. The molecule has 4 nitrogen and oxygen atoms in total. The monoisotopic (exact) mass is 650 g/mol. The second-order valence-electron chi connectivity index (χ2n) is 11.5. The SMILES string of the molecule is Cc1cc(-c2nc(-c3ccc(-c4nc(-c5cc(C)sc5C)c(-c5cc(C)sc5C)[nH]4)cc3)[nH]c2-c2cc(C)sc2C)c(C)s1. The number of thiophene rings is 4. The number of aromatic nitrogens is 4. The maximum atomic E-state index is 5.21. The quantitative estimate of drug-likeness (QED) is 0.188. The third-order valence-corrected chi connectivity index (χ3v) is 11.9. The number of hydrogen-bond donors (Lipinski definition) is 2. The van der Waals surface area contributed by atoms with Crippen molar-refractivity contribution in [3.05, 3.63) is 87.5 Å². The molecule has 0 saturated heterocycles. The Morgan fingerprint density at radius 3 is 1.00 bits per heavy atom. The van der Waals surface area contributed by atoms with Crippen LogP contribution in [0, 0.1) is 55.4 Å². The minimum absolute atomic E-state index is 0.877. The second kappa shape index (κ2) is 11.1. The minimum atomic E-state index is 0.877.